The molecule has 0 radical (unpaired) electrons. The van der Waals surface area contributed by atoms with E-state index in [1.54, 1.807) is 6.39 Å². The standard InChI is InChI=1S/C11H20N2O/c1-4-5-12-7-10-11(6-9(2)3)14-8-13-10/h8-9,12H,4-7H2,1-3H3. The number of oxazole rings is 1. The van der Waals surface area contributed by atoms with Crippen molar-refractivity contribution in [3.05, 3.63) is 17.8 Å². The van der Waals surface area contributed by atoms with Crippen LogP contribution in [0.15, 0.2) is 10.8 Å². The van der Waals surface area contributed by atoms with E-state index in [-0.39, 0.29) is 0 Å². The van der Waals surface area contributed by atoms with Gasteiger partial charge in [0.25, 0.3) is 0 Å². The molecule has 0 aliphatic heterocycles. The molecule has 0 bridgehead atoms. The fraction of sp³-hybridized carbons (Fsp3) is 0.727. The van der Waals surface area contributed by atoms with Crippen molar-refractivity contribution in [1.82, 2.24) is 10.3 Å². The lowest BCUT2D eigenvalue weighted by molar-refractivity contribution is 0.463. The molecule has 80 valence electrons. The van der Waals surface area contributed by atoms with E-state index in [1.165, 1.54) is 0 Å². The van der Waals surface area contributed by atoms with Gasteiger partial charge in [-0.2, -0.15) is 0 Å². The van der Waals surface area contributed by atoms with Gasteiger partial charge in [-0.05, 0) is 18.9 Å². The molecule has 0 saturated heterocycles. The third-order valence-corrected chi connectivity index (χ3v) is 2.04. The summed E-state index contributed by atoms with van der Waals surface area (Å²) in [6.07, 6.45) is 3.67. The average molecular weight is 196 g/mol. The van der Waals surface area contributed by atoms with Crippen LogP contribution in [0.3, 0.4) is 0 Å². The molecule has 0 aromatic carbocycles. The van der Waals surface area contributed by atoms with Gasteiger partial charge >= 0.3 is 0 Å². The molecular weight excluding hydrogens is 176 g/mol. The average Bonchev–Trinajstić information content (AvgIpc) is 2.52. The molecule has 3 nitrogen and oxygen atoms in total. The molecule has 0 atom stereocenters. The van der Waals surface area contributed by atoms with Crippen molar-refractivity contribution in [2.24, 2.45) is 5.92 Å². The lowest BCUT2D eigenvalue weighted by Crippen LogP contribution is -2.15. The van der Waals surface area contributed by atoms with E-state index in [9.17, 15) is 0 Å². The summed E-state index contributed by atoms with van der Waals surface area (Å²) in [7, 11) is 0. The molecule has 14 heavy (non-hydrogen) atoms. The first-order valence-electron chi connectivity index (χ1n) is 5.36. The Kier molecular flexibility index (Phi) is 4.66. The molecule has 1 heterocycles. The topological polar surface area (TPSA) is 38.1 Å². The Morgan fingerprint density at radius 1 is 1.50 bits per heavy atom. The summed E-state index contributed by atoms with van der Waals surface area (Å²) in [6.45, 7) is 8.39. The number of rotatable bonds is 6. The lowest BCUT2D eigenvalue weighted by atomic mass is 10.1. The smallest absolute Gasteiger partial charge is 0.181 e. The van der Waals surface area contributed by atoms with Crippen molar-refractivity contribution in [1.29, 1.82) is 0 Å². The van der Waals surface area contributed by atoms with Crippen LogP contribution in [0.5, 0.6) is 0 Å². The first-order chi connectivity index (χ1) is 6.74. The van der Waals surface area contributed by atoms with Crippen LogP contribution in [0.4, 0.5) is 0 Å². The van der Waals surface area contributed by atoms with E-state index in [0.29, 0.717) is 5.92 Å². The molecule has 1 N–H and O–H groups in total. The lowest BCUT2D eigenvalue weighted by Gasteiger charge is -2.04. The van der Waals surface area contributed by atoms with Gasteiger partial charge in [0.05, 0.1) is 5.69 Å². The normalized spacial score (nSPS) is 11.1. The van der Waals surface area contributed by atoms with Crippen LogP contribution in [-0.2, 0) is 13.0 Å². The highest BCUT2D eigenvalue weighted by Crippen LogP contribution is 2.12. The largest absolute Gasteiger partial charge is 0.448 e. The molecule has 0 amide bonds. The van der Waals surface area contributed by atoms with Crippen molar-refractivity contribution in [2.45, 2.75) is 40.2 Å². The van der Waals surface area contributed by atoms with Gasteiger partial charge < -0.3 is 9.73 Å². The van der Waals surface area contributed by atoms with E-state index in [4.69, 9.17) is 4.42 Å². The molecule has 1 aromatic rings. The highest BCUT2D eigenvalue weighted by molar-refractivity contribution is 5.07. The second-order valence-electron chi connectivity index (χ2n) is 4.00. The zero-order valence-corrected chi connectivity index (χ0v) is 9.34. The number of hydrogen-bond donors (Lipinski definition) is 1. The number of nitrogens with zero attached hydrogens (tertiary/aromatic N) is 1. The van der Waals surface area contributed by atoms with E-state index < -0.39 is 0 Å². The van der Waals surface area contributed by atoms with Crippen molar-refractivity contribution >= 4 is 0 Å². The Labute approximate surface area is 85.9 Å². The van der Waals surface area contributed by atoms with Crippen LogP contribution in [-0.4, -0.2) is 11.5 Å². The maximum atomic E-state index is 5.36. The molecule has 0 saturated carbocycles. The second kappa shape index (κ2) is 5.81. The van der Waals surface area contributed by atoms with Gasteiger partial charge in [0, 0.05) is 13.0 Å². The second-order valence-corrected chi connectivity index (χ2v) is 4.00. The van der Waals surface area contributed by atoms with E-state index in [2.05, 4.69) is 31.1 Å². The van der Waals surface area contributed by atoms with E-state index >= 15 is 0 Å². The molecule has 3 heteroatoms. The first-order valence-corrected chi connectivity index (χ1v) is 5.36. The van der Waals surface area contributed by atoms with Crippen LogP contribution in [0.1, 0.15) is 38.6 Å². The summed E-state index contributed by atoms with van der Waals surface area (Å²) >= 11 is 0. The number of aromatic nitrogens is 1. The Morgan fingerprint density at radius 3 is 2.93 bits per heavy atom. The Bertz CT molecular complexity index is 256. The van der Waals surface area contributed by atoms with Gasteiger partial charge in [0.1, 0.15) is 5.76 Å². The SMILES string of the molecule is CCCNCc1ncoc1CC(C)C. The van der Waals surface area contributed by atoms with Crippen molar-refractivity contribution in [3.63, 3.8) is 0 Å². The predicted octanol–water partition coefficient (Wildman–Crippen LogP) is 2.37. The summed E-state index contributed by atoms with van der Waals surface area (Å²) in [4.78, 5) is 4.21. The summed E-state index contributed by atoms with van der Waals surface area (Å²) in [5.74, 6) is 1.65. The molecule has 0 spiro atoms. The van der Waals surface area contributed by atoms with Gasteiger partial charge in [0.2, 0.25) is 0 Å². The van der Waals surface area contributed by atoms with E-state index in [1.807, 2.05) is 0 Å². The van der Waals surface area contributed by atoms with Crippen LogP contribution < -0.4 is 5.32 Å². The molecule has 1 aromatic heterocycles. The quantitative estimate of drug-likeness (QED) is 0.710. The zero-order chi connectivity index (χ0) is 10.4. The fourth-order valence-corrected chi connectivity index (χ4v) is 1.36. The summed E-state index contributed by atoms with van der Waals surface area (Å²) in [6, 6.07) is 0. The number of hydrogen-bond acceptors (Lipinski definition) is 3. The summed E-state index contributed by atoms with van der Waals surface area (Å²) in [5, 5.41) is 3.33. The zero-order valence-electron chi connectivity index (χ0n) is 9.34. The molecule has 0 fully saturated rings. The first kappa shape index (κ1) is 11.2. The minimum atomic E-state index is 0.618. The van der Waals surface area contributed by atoms with Crippen molar-refractivity contribution in [3.8, 4) is 0 Å². The fourth-order valence-electron chi connectivity index (χ4n) is 1.36. The Hall–Kier alpha value is -0.830. The summed E-state index contributed by atoms with van der Waals surface area (Å²) in [5.41, 5.74) is 1.06. The van der Waals surface area contributed by atoms with Gasteiger partial charge in [-0.3, -0.25) is 0 Å². The molecule has 0 aliphatic rings. The van der Waals surface area contributed by atoms with Gasteiger partial charge in [0.15, 0.2) is 6.39 Å². The maximum absolute atomic E-state index is 5.36. The van der Waals surface area contributed by atoms with E-state index in [0.717, 1.165) is 37.4 Å². The third-order valence-electron chi connectivity index (χ3n) is 2.04. The van der Waals surface area contributed by atoms with Crippen LogP contribution in [0, 0.1) is 5.92 Å². The van der Waals surface area contributed by atoms with Crippen LogP contribution >= 0.6 is 0 Å². The minimum Gasteiger partial charge on any atom is -0.448 e. The molecule has 0 aliphatic carbocycles. The highest BCUT2D eigenvalue weighted by atomic mass is 16.3. The van der Waals surface area contributed by atoms with Crippen LogP contribution in [0.2, 0.25) is 0 Å². The molecular formula is C11H20N2O. The monoisotopic (exact) mass is 196 g/mol. The number of nitrogens with one attached hydrogen (secondary N) is 1. The van der Waals surface area contributed by atoms with Gasteiger partial charge in [-0.1, -0.05) is 20.8 Å². The maximum Gasteiger partial charge on any atom is 0.181 e. The minimum absolute atomic E-state index is 0.618. The molecule has 1 rings (SSSR count). The Balaban J connectivity index is 2.45. The van der Waals surface area contributed by atoms with Gasteiger partial charge in [-0.25, -0.2) is 4.98 Å². The predicted molar refractivity (Wildman–Crippen MR) is 57.0 cm³/mol. The summed E-state index contributed by atoms with van der Waals surface area (Å²) < 4.78 is 5.36. The molecule has 0 unspecified atom stereocenters. The van der Waals surface area contributed by atoms with Crippen molar-refractivity contribution < 1.29 is 4.42 Å². The van der Waals surface area contributed by atoms with Gasteiger partial charge in [-0.15, -0.1) is 0 Å². The Morgan fingerprint density at radius 2 is 2.29 bits per heavy atom. The highest BCUT2D eigenvalue weighted by Gasteiger charge is 2.08. The third kappa shape index (κ3) is 3.50. The van der Waals surface area contributed by atoms with Crippen molar-refractivity contribution in [2.75, 3.05) is 6.54 Å². The van der Waals surface area contributed by atoms with Crippen LogP contribution in [0.25, 0.3) is 0 Å².